The van der Waals surface area contributed by atoms with Crippen LogP contribution in [0.2, 0.25) is 0 Å². The molecule has 1 saturated heterocycles. The molecule has 3 nitrogen and oxygen atoms in total. The summed E-state index contributed by atoms with van der Waals surface area (Å²) in [7, 11) is 0. The lowest BCUT2D eigenvalue weighted by atomic mass is 10.0. The second-order valence-corrected chi connectivity index (χ2v) is 5.11. The summed E-state index contributed by atoms with van der Waals surface area (Å²) in [4.78, 5) is 14.3. The Morgan fingerprint density at radius 2 is 2.00 bits per heavy atom. The molecule has 3 heteroatoms. The summed E-state index contributed by atoms with van der Waals surface area (Å²) in [6, 6.07) is 10.7. The lowest BCUT2D eigenvalue weighted by molar-refractivity contribution is -0.133. The van der Waals surface area contributed by atoms with Crippen LogP contribution in [0.4, 0.5) is 0 Å². The Balaban J connectivity index is 1.78. The standard InChI is InChI=1S/C14H18N2O/c15-12-9-11(12)14(17)16-8-4-7-13(16)10-5-2-1-3-6-10/h1-3,5-6,11-13H,4,7-9,15H2. The molecule has 90 valence electrons. The Bertz CT molecular complexity index is 417. The van der Waals surface area contributed by atoms with Crippen molar-refractivity contribution in [2.24, 2.45) is 11.7 Å². The molecule has 0 bridgehead atoms. The van der Waals surface area contributed by atoms with Crippen molar-refractivity contribution in [3.8, 4) is 0 Å². The molecule has 0 spiro atoms. The van der Waals surface area contributed by atoms with Crippen molar-refractivity contribution < 1.29 is 4.79 Å². The van der Waals surface area contributed by atoms with Crippen molar-refractivity contribution in [1.29, 1.82) is 0 Å². The quantitative estimate of drug-likeness (QED) is 0.840. The molecule has 2 fully saturated rings. The van der Waals surface area contributed by atoms with Crippen molar-refractivity contribution in [1.82, 2.24) is 4.90 Å². The number of carbonyl (C=O) groups is 1. The molecule has 1 saturated carbocycles. The zero-order chi connectivity index (χ0) is 11.8. The largest absolute Gasteiger partial charge is 0.335 e. The van der Waals surface area contributed by atoms with Crippen LogP contribution < -0.4 is 5.73 Å². The Morgan fingerprint density at radius 1 is 1.29 bits per heavy atom. The van der Waals surface area contributed by atoms with Crippen molar-refractivity contribution in [3.63, 3.8) is 0 Å². The second kappa shape index (κ2) is 4.15. The average Bonchev–Trinajstić information content (AvgIpc) is 2.92. The van der Waals surface area contributed by atoms with Gasteiger partial charge in [-0.05, 0) is 24.8 Å². The molecule has 3 unspecified atom stereocenters. The van der Waals surface area contributed by atoms with E-state index in [2.05, 4.69) is 12.1 Å². The number of benzene rings is 1. The third-order valence-electron chi connectivity index (χ3n) is 3.88. The van der Waals surface area contributed by atoms with Crippen LogP contribution in [0.1, 0.15) is 30.9 Å². The van der Waals surface area contributed by atoms with Crippen LogP contribution in [0, 0.1) is 5.92 Å². The molecule has 0 aromatic heterocycles. The Hall–Kier alpha value is -1.35. The summed E-state index contributed by atoms with van der Waals surface area (Å²) in [6.07, 6.45) is 3.06. The molecule has 0 radical (unpaired) electrons. The van der Waals surface area contributed by atoms with Crippen molar-refractivity contribution in [3.05, 3.63) is 35.9 Å². The number of rotatable bonds is 2. The molecule has 1 heterocycles. The number of carbonyl (C=O) groups excluding carboxylic acids is 1. The van der Waals surface area contributed by atoms with E-state index in [1.165, 1.54) is 5.56 Å². The summed E-state index contributed by atoms with van der Waals surface area (Å²) < 4.78 is 0. The van der Waals surface area contributed by atoms with E-state index in [-0.39, 0.29) is 23.9 Å². The fourth-order valence-corrected chi connectivity index (χ4v) is 2.76. The van der Waals surface area contributed by atoms with Crippen LogP contribution in [0.3, 0.4) is 0 Å². The molecule has 2 N–H and O–H groups in total. The number of nitrogens with two attached hydrogens (primary N) is 1. The predicted molar refractivity (Wildman–Crippen MR) is 66.2 cm³/mol. The van der Waals surface area contributed by atoms with Gasteiger partial charge in [-0.2, -0.15) is 0 Å². The van der Waals surface area contributed by atoms with Gasteiger partial charge in [-0.1, -0.05) is 30.3 Å². The first-order chi connectivity index (χ1) is 8.27. The molecule has 1 amide bonds. The van der Waals surface area contributed by atoms with E-state index in [0.29, 0.717) is 0 Å². The van der Waals surface area contributed by atoms with Gasteiger partial charge in [-0.3, -0.25) is 4.79 Å². The number of hydrogen-bond donors (Lipinski definition) is 1. The van der Waals surface area contributed by atoms with E-state index in [1.54, 1.807) is 0 Å². The number of amides is 1. The van der Waals surface area contributed by atoms with Gasteiger partial charge in [0.05, 0.1) is 12.0 Å². The molecule has 1 aliphatic heterocycles. The minimum atomic E-state index is 0.0966. The van der Waals surface area contributed by atoms with Crippen molar-refractivity contribution >= 4 is 5.91 Å². The Morgan fingerprint density at radius 3 is 2.65 bits per heavy atom. The van der Waals surface area contributed by atoms with E-state index in [4.69, 9.17) is 5.73 Å². The molecule has 3 atom stereocenters. The van der Waals surface area contributed by atoms with Gasteiger partial charge in [0.1, 0.15) is 0 Å². The summed E-state index contributed by atoms with van der Waals surface area (Å²) in [5, 5.41) is 0. The summed E-state index contributed by atoms with van der Waals surface area (Å²) in [6.45, 7) is 0.890. The lowest BCUT2D eigenvalue weighted by Crippen LogP contribution is -2.33. The molecular formula is C14H18N2O. The van der Waals surface area contributed by atoms with E-state index in [1.807, 2.05) is 23.1 Å². The highest BCUT2D eigenvalue weighted by Crippen LogP contribution is 2.37. The van der Waals surface area contributed by atoms with E-state index in [9.17, 15) is 4.79 Å². The molecular weight excluding hydrogens is 212 g/mol. The first kappa shape index (κ1) is 10.8. The minimum absolute atomic E-state index is 0.0966. The zero-order valence-electron chi connectivity index (χ0n) is 9.88. The van der Waals surface area contributed by atoms with E-state index < -0.39 is 0 Å². The van der Waals surface area contributed by atoms with Crippen LogP contribution in [-0.4, -0.2) is 23.4 Å². The van der Waals surface area contributed by atoms with Gasteiger partial charge in [0.15, 0.2) is 0 Å². The van der Waals surface area contributed by atoms with Gasteiger partial charge in [0.25, 0.3) is 0 Å². The zero-order valence-corrected chi connectivity index (χ0v) is 9.88. The smallest absolute Gasteiger partial charge is 0.227 e. The normalized spacial score (nSPS) is 31.6. The fourth-order valence-electron chi connectivity index (χ4n) is 2.76. The van der Waals surface area contributed by atoms with Gasteiger partial charge < -0.3 is 10.6 Å². The maximum atomic E-state index is 12.2. The predicted octanol–water partition coefficient (Wildman–Crippen LogP) is 1.70. The Labute approximate surface area is 102 Å². The first-order valence-corrected chi connectivity index (χ1v) is 6.38. The number of likely N-dealkylation sites (tertiary alicyclic amines) is 1. The Kier molecular flexibility index (Phi) is 2.63. The maximum absolute atomic E-state index is 12.2. The summed E-state index contributed by atoms with van der Waals surface area (Å²) >= 11 is 0. The highest BCUT2D eigenvalue weighted by atomic mass is 16.2. The average molecular weight is 230 g/mol. The molecule has 1 aromatic carbocycles. The lowest BCUT2D eigenvalue weighted by Gasteiger charge is -2.25. The maximum Gasteiger partial charge on any atom is 0.227 e. The topological polar surface area (TPSA) is 46.3 Å². The van der Waals surface area contributed by atoms with Crippen molar-refractivity contribution in [2.75, 3.05) is 6.54 Å². The molecule has 1 aliphatic carbocycles. The highest BCUT2D eigenvalue weighted by molar-refractivity contribution is 5.83. The van der Waals surface area contributed by atoms with Crippen LogP contribution in [0.5, 0.6) is 0 Å². The summed E-state index contributed by atoms with van der Waals surface area (Å²) in [5.41, 5.74) is 7.03. The summed E-state index contributed by atoms with van der Waals surface area (Å²) in [5.74, 6) is 0.364. The molecule has 17 heavy (non-hydrogen) atoms. The minimum Gasteiger partial charge on any atom is -0.335 e. The molecule has 2 aliphatic rings. The first-order valence-electron chi connectivity index (χ1n) is 6.38. The second-order valence-electron chi connectivity index (χ2n) is 5.11. The third kappa shape index (κ3) is 1.95. The number of hydrogen-bond acceptors (Lipinski definition) is 2. The monoisotopic (exact) mass is 230 g/mol. The van der Waals surface area contributed by atoms with Crippen LogP contribution in [-0.2, 0) is 4.79 Å². The van der Waals surface area contributed by atoms with Gasteiger partial charge >= 0.3 is 0 Å². The van der Waals surface area contributed by atoms with E-state index in [0.717, 1.165) is 25.8 Å². The van der Waals surface area contributed by atoms with Gasteiger partial charge in [0, 0.05) is 12.6 Å². The van der Waals surface area contributed by atoms with Crippen LogP contribution in [0.25, 0.3) is 0 Å². The van der Waals surface area contributed by atoms with E-state index >= 15 is 0 Å². The highest BCUT2D eigenvalue weighted by Gasteiger charge is 2.44. The SMILES string of the molecule is NC1CC1C(=O)N1CCCC1c1ccccc1. The number of nitrogens with zero attached hydrogens (tertiary/aromatic N) is 1. The van der Waals surface area contributed by atoms with Crippen LogP contribution >= 0.6 is 0 Å². The van der Waals surface area contributed by atoms with Crippen LogP contribution in [0.15, 0.2) is 30.3 Å². The van der Waals surface area contributed by atoms with Gasteiger partial charge in [0.2, 0.25) is 5.91 Å². The molecule has 1 aromatic rings. The van der Waals surface area contributed by atoms with Gasteiger partial charge in [-0.25, -0.2) is 0 Å². The van der Waals surface area contributed by atoms with Gasteiger partial charge in [-0.15, -0.1) is 0 Å². The fraction of sp³-hybridized carbons (Fsp3) is 0.500. The molecule has 3 rings (SSSR count). The third-order valence-corrected chi connectivity index (χ3v) is 3.88. The van der Waals surface area contributed by atoms with Crippen molar-refractivity contribution in [2.45, 2.75) is 31.3 Å².